The molecule has 2 aliphatic heterocycles. The third kappa shape index (κ3) is 2.00. The van der Waals surface area contributed by atoms with Crippen molar-refractivity contribution < 1.29 is 4.74 Å². The molecule has 0 radical (unpaired) electrons. The fourth-order valence-corrected chi connectivity index (χ4v) is 3.54. The van der Waals surface area contributed by atoms with Gasteiger partial charge in [-0.2, -0.15) is 0 Å². The Kier molecular flexibility index (Phi) is 2.94. The molecular weight excluding hydrogens is 270 g/mol. The first-order chi connectivity index (χ1) is 9.81. The topological polar surface area (TPSA) is 21.3 Å². The fraction of sp³-hybridized carbons (Fsp3) is 0.294. The lowest BCUT2D eigenvalue weighted by atomic mass is 9.97. The standard InChI is InChI=1S/C17H16ClNO/c18-14-7-11-5-6-20-17(11)13(8-14)9-16-15-4-2-1-3-12(15)10-19-16/h1-4,7-8,16,19H,5-6,9-10H2. The highest BCUT2D eigenvalue weighted by Crippen LogP contribution is 2.37. The van der Waals surface area contributed by atoms with Crippen LogP contribution in [0.4, 0.5) is 0 Å². The van der Waals surface area contributed by atoms with Crippen molar-refractivity contribution in [3.8, 4) is 5.75 Å². The van der Waals surface area contributed by atoms with E-state index in [4.69, 9.17) is 16.3 Å². The maximum absolute atomic E-state index is 6.24. The Morgan fingerprint density at radius 3 is 3.05 bits per heavy atom. The molecule has 2 aromatic rings. The van der Waals surface area contributed by atoms with E-state index in [1.54, 1.807) is 0 Å². The summed E-state index contributed by atoms with van der Waals surface area (Å²) >= 11 is 6.24. The minimum Gasteiger partial charge on any atom is -0.493 e. The Balaban J connectivity index is 1.68. The number of nitrogens with one attached hydrogen (secondary N) is 1. The molecule has 1 atom stereocenters. The van der Waals surface area contributed by atoms with E-state index in [-0.39, 0.29) is 0 Å². The highest BCUT2D eigenvalue weighted by molar-refractivity contribution is 6.30. The summed E-state index contributed by atoms with van der Waals surface area (Å²) in [5, 5.41) is 4.40. The lowest BCUT2D eigenvalue weighted by Gasteiger charge is -2.15. The fourth-order valence-electron chi connectivity index (χ4n) is 3.28. The Labute approximate surface area is 123 Å². The number of rotatable bonds is 2. The van der Waals surface area contributed by atoms with Crippen LogP contribution in [-0.2, 0) is 19.4 Å². The van der Waals surface area contributed by atoms with E-state index < -0.39 is 0 Å². The van der Waals surface area contributed by atoms with Crippen molar-refractivity contribution >= 4 is 11.6 Å². The van der Waals surface area contributed by atoms with Crippen LogP contribution in [-0.4, -0.2) is 6.61 Å². The summed E-state index contributed by atoms with van der Waals surface area (Å²) in [5.74, 6) is 1.06. The van der Waals surface area contributed by atoms with Crippen molar-refractivity contribution in [2.45, 2.75) is 25.4 Å². The predicted octanol–water partition coefficient (Wildman–Crippen LogP) is 3.66. The van der Waals surface area contributed by atoms with E-state index in [2.05, 4.69) is 29.6 Å². The van der Waals surface area contributed by atoms with Crippen molar-refractivity contribution in [2.75, 3.05) is 6.61 Å². The molecule has 102 valence electrons. The molecule has 2 aliphatic rings. The molecule has 0 spiro atoms. The van der Waals surface area contributed by atoms with Gasteiger partial charge in [0.2, 0.25) is 0 Å². The molecular formula is C17H16ClNO. The molecule has 2 heterocycles. The molecule has 1 N–H and O–H groups in total. The zero-order chi connectivity index (χ0) is 13.5. The summed E-state index contributed by atoms with van der Waals surface area (Å²) in [6.45, 7) is 1.72. The zero-order valence-electron chi connectivity index (χ0n) is 11.2. The lowest BCUT2D eigenvalue weighted by molar-refractivity contribution is 0.352. The van der Waals surface area contributed by atoms with Gasteiger partial charge < -0.3 is 10.1 Å². The number of benzene rings is 2. The van der Waals surface area contributed by atoms with Gasteiger partial charge in [0.15, 0.2) is 0 Å². The van der Waals surface area contributed by atoms with Crippen molar-refractivity contribution in [2.24, 2.45) is 0 Å². The van der Waals surface area contributed by atoms with Gasteiger partial charge in [0, 0.05) is 24.0 Å². The molecule has 3 heteroatoms. The molecule has 0 aromatic heterocycles. The number of fused-ring (bicyclic) bond motifs is 2. The molecule has 0 amide bonds. The molecule has 0 aliphatic carbocycles. The van der Waals surface area contributed by atoms with Crippen molar-refractivity contribution in [1.29, 1.82) is 0 Å². The molecule has 1 unspecified atom stereocenters. The van der Waals surface area contributed by atoms with Crippen molar-refractivity contribution in [3.05, 3.63) is 63.7 Å². The number of hydrogen-bond donors (Lipinski definition) is 1. The maximum atomic E-state index is 6.24. The van der Waals surface area contributed by atoms with E-state index in [1.165, 1.54) is 22.3 Å². The molecule has 0 bridgehead atoms. The van der Waals surface area contributed by atoms with E-state index >= 15 is 0 Å². The van der Waals surface area contributed by atoms with Gasteiger partial charge in [0.05, 0.1) is 6.61 Å². The molecule has 20 heavy (non-hydrogen) atoms. The first kappa shape index (κ1) is 12.2. The number of halogens is 1. The van der Waals surface area contributed by atoms with Crippen molar-refractivity contribution in [3.63, 3.8) is 0 Å². The minimum absolute atomic E-state index is 0.359. The Morgan fingerprint density at radius 1 is 1.20 bits per heavy atom. The van der Waals surface area contributed by atoms with Gasteiger partial charge in [-0.05, 0) is 40.8 Å². The van der Waals surface area contributed by atoms with Crippen LogP contribution in [0.5, 0.6) is 5.75 Å². The van der Waals surface area contributed by atoms with E-state index in [0.29, 0.717) is 6.04 Å². The number of ether oxygens (including phenoxy) is 1. The minimum atomic E-state index is 0.359. The summed E-state index contributed by atoms with van der Waals surface area (Å²) in [5.41, 5.74) is 5.27. The predicted molar refractivity (Wildman–Crippen MR) is 80.4 cm³/mol. The molecule has 0 saturated carbocycles. The largest absolute Gasteiger partial charge is 0.493 e. The van der Waals surface area contributed by atoms with Gasteiger partial charge in [-0.3, -0.25) is 0 Å². The summed E-state index contributed by atoms with van der Waals surface area (Å²) in [7, 11) is 0. The first-order valence-corrected chi connectivity index (χ1v) is 7.44. The summed E-state index contributed by atoms with van der Waals surface area (Å²) in [6.07, 6.45) is 1.90. The van der Waals surface area contributed by atoms with Crippen LogP contribution in [0.15, 0.2) is 36.4 Å². The van der Waals surface area contributed by atoms with Crippen LogP contribution in [0.25, 0.3) is 0 Å². The van der Waals surface area contributed by atoms with Gasteiger partial charge in [-0.25, -0.2) is 0 Å². The monoisotopic (exact) mass is 285 g/mol. The van der Waals surface area contributed by atoms with Gasteiger partial charge in [0.1, 0.15) is 5.75 Å². The molecule has 2 nitrogen and oxygen atoms in total. The van der Waals surface area contributed by atoms with Crippen molar-refractivity contribution in [1.82, 2.24) is 5.32 Å². The maximum Gasteiger partial charge on any atom is 0.125 e. The number of hydrogen-bond acceptors (Lipinski definition) is 2. The van der Waals surface area contributed by atoms with Gasteiger partial charge in [0.25, 0.3) is 0 Å². The zero-order valence-corrected chi connectivity index (χ0v) is 11.9. The lowest BCUT2D eigenvalue weighted by Crippen LogP contribution is -2.15. The Morgan fingerprint density at radius 2 is 2.10 bits per heavy atom. The third-order valence-electron chi connectivity index (χ3n) is 4.22. The van der Waals surface area contributed by atoms with Gasteiger partial charge >= 0.3 is 0 Å². The van der Waals surface area contributed by atoms with Crippen LogP contribution in [0.2, 0.25) is 5.02 Å². The normalized spacial score (nSPS) is 19.6. The molecule has 4 rings (SSSR count). The summed E-state index contributed by atoms with van der Waals surface area (Å²) in [4.78, 5) is 0. The van der Waals surface area contributed by atoms with Gasteiger partial charge in [-0.15, -0.1) is 0 Å². The summed E-state index contributed by atoms with van der Waals surface area (Å²) in [6, 6.07) is 13.1. The second kappa shape index (κ2) is 4.80. The SMILES string of the molecule is Clc1cc2c(c(CC3NCc4ccccc43)c1)OCC2. The van der Waals surface area contributed by atoms with Gasteiger partial charge in [-0.1, -0.05) is 35.9 Å². The first-order valence-electron chi connectivity index (χ1n) is 7.06. The van der Waals surface area contributed by atoms with Crippen LogP contribution in [0.1, 0.15) is 28.3 Å². The Hall–Kier alpha value is -1.51. The Bertz CT molecular complexity index is 668. The van der Waals surface area contributed by atoms with E-state index in [1.807, 2.05) is 12.1 Å². The smallest absolute Gasteiger partial charge is 0.125 e. The van der Waals surface area contributed by atoms with Crippen LogP contribution in [0.3, 0.4) is 0 Å². The average Bonchev–Trinajstić information content (AvgIpc) is 3.06. The highest BCUT2D eigenvalue weighted by atomic mass is 35.5. The van der Waals surface area contributed by atoms with Crippen LogP contribution in [0, 0.1) is 0 Å². The third-order valence-corrected chi connectivity index (χ3v) is 4.44. The van der Waals surface area contributed by atoms with E-state index in [0.717, 1.165) is 36.8 Å². The summed E-state index contributed by atoms with van der Waals surface area (Å²) < 4.78 is 5.80. The molecule has 0 fully saturated rings. The average molecular weight is 286 g/mol. The quantitative estimate of drug-likeness (QED) is 0.909. The second-order valence-electron chi connectivity index (χ2n) is 5.49. The molecule has 2 aromatic carbocycles. The van der Waals surface area contributed by atoms with Crippen LogP contribution >= 0.6 is 11.6 Å². The second-order valence-corrected chi connectivity index (χ2v) is 5.92. The highest BCUT2D eigenvalue weighted by Gasteiger charge is 2.25. The molecule has 0 saturated heterocycles. The van der Waals surface area contributed by atoms with Crippen LogP contribution < -0.4 is 10.1 Å². The van der Waals surface area contributed by atoms with E-state index in [9.17, 15) is 0 Å².